The quantitative estimate of drug-likeness (QED) is 0.852. The molecule has 2 aromatic carbocycles. The van der Waals surface area contributed by atoms with Gasteiger partial charge in [-0.25, -0.2) is 0 Å². The van der Waals surface area contributed by atoms with Gasteiger partial charge in [0, 0.05) is 17.8 Å². The van der Waals surface area contributed by atoms with Gasteiger partial charge >= 0.3 is 0 Å². The van der Waals surface area contributed by atoms with E-state index < -0.39 is 0 Å². The molecule has 126 valence electrons. The van der Waals surface area contributed by atoms with Crippen LogP contribution in [-0.4, -0.2) is 12.5 Å². The Hall–Kier alpha value is -2.29. The fraction of sp³-hybridized carbons (Fsp3) is 0.381. The number of anilines is 1. The summed E-state index contributed by atoms with van der Waals surface area (Å²) in [5.41, 5.74) is 9.72. The number of nitrogens with one attached hydrogen (secondary N) is 1. The van der Waals surface area contributed by atoms with Crippen molar-refractivity contribution in [3.05, 3.63) is 65.2 Å². The van der Waals surface area contributed by atoms with Gasteiger partial charge in [-0.05, 0) is 73.8 Å². The van der Waals surface area contributed by atoms with Crippen LogP contribution < -0.4 is 11.1 Å². The van der Waals surface area contributed by atoms with Crippen molar-refractivity contribution < 1.29 is 4.79 Å². The molecule has 3 rings (SSSR count). The molecule has 3 heteroatoms. The predicted octanol–water partition coefficient (Wildman–Crippen LogP) is 4.48. The first-order valence-corrected chi connectivity index (χ1v) is 8.83. The highest BCUT2D eigenvalue weighted by Crippen LogP contribution is 2.37. The van der Waals surface area contributed by atoms with Crippen molar-refractivity contribution in [2.24, 2.45) is 11.7 Å². The number of primary amides is 1. The molecule has 0 unspecified atom stereocenters. The van der Waals surface area contributed by atoms with Crippen LogP contribution in [0.15, 0.2) is 48.5 Å². The number of para-hydroxylation sites is 1. The standard InChI is InChI=1S/C21H26N2O/c1-15-19(8-5-9-20(15)21(22)24)17-12-10-16(11-13-17)14-23-18-6-3-2-4-7-18/h2-9,16-17,23H,10-14H2,1H3,(H2,22,24). The number of benzene rings is 2. The minimum absolute atomic E-state index is 0.324. The summed E-state index contributed by atoms with van der Waals surface area (Å²) in [5, 5.41) is 3.54. The molecule has 0 heterocycles. The highest BCUT2D eigenvalue weighted by atomic mass is 16.1. The molecule has 0 aromatic heterocycles. The first-order valence-electron chi connectivity index (χ1n) is 8.83. The molecule has 2 aromatic rings. The molecular weight excluding hydrogens is 296 g/mol. The maximum Gasteiger partial charge on any atom is 0.248 e. The van der Waals surface area contributed by atoms with Crippen LogP contribution in [0.5, 0.6) is 0 Å². The zero-order valence-electron chi connectivity index (χ0n) is 14.3. The summed E-state index contributed by atoms with van der Waals surface area (Å²) in [5.74, 6) is 0.952. The average Bonchev–Trinajstić information content (AvgIpc) is 2.61. The molecule has 1 saturated carbocycles. The van der Waals surface area contributed by atoms with E-state index in [4.69, 9.17) is 5.73 Å². The van der Waals surface area contributed by atoms with Gasteiger partial charge in [-0.15, -0.1) is 0 Å². The Morgan fingerprint density at radius 3 is 2.42 bits per heavy atom. The predicted molar refractivity (Wildman–Crippen MR) is 99.3 cm³/mol. The second kappa shape index (κ2) is 7.52. The maximum atomic E-state index is 11.5. The van der Waals surface area contributed by atoms with E-state index >= 15 is 0 Å². The Balaban J connectivity index is 1.57. The summed E-state index contributed by atoms with van der Waals surface area (Å²) in [6.07, 6.45) is 4.82. The third kappa shape index (κ3) is 3.78. The van der Waals surface area contributed by atoms with Crippen molar-refractivity contribution in [2.75, 3.05) is 11.9 Å². The summed E-state index contributed by atoms with van der Waals surface area (Å²) in [7, 11) is 0. The van der Waals surface area contributed by atoms with Crippen molar-refractivity contribution in [1.82, 2.24) is 0 Å². The zero-order valence-corrected chi connectivity index (χ0v) is 14.3. The van der Waals surface area contributed by atoms with E-state index in [9.17, 15) is 4.79 Å². The summed E-state index contributed by atoms with van der Waals surface area (Å²) in [6.45, 7) is 3.06. The Morgan fingerprint density at radius 2 is 1.75 bits per heavy atom. The van der Waals surface area contributed by atoms with Crippen LogP contribution in [-0.2, 0) is 0 Å². The monoisotopic (exact) mass is 322 g/mol. The SMILES string of the molecule is Cc1c(C(N)=O)cccc1C1CCC(CNc2ccccc2)CC1. The minimum atomic E-state index is -0.324. The topological polar surface area (TPSA) is 55.1 Å². The van der Waals surface area contributed by atoms with Gasteiger partial charge in [0.05, 0.1) is 0 Å². The van der Waals surface area contributed by atoms with Crippen LogP contribution in [0.4, 0.5) is 5.69 Å². The summed E-state index contributed by atoms with van der Waals surface area (Å²) in [6, 6.07) is 16.4. The van der Waals surface area contributed by atoms with Gasteiger partial charge in [0.2, 0.25) is 5.91 Å². The van der Waals surface area contributed by atoms with E-state index in [1.165, 1.54) is 36.9 Å². The molecule has 0 atom stereocenters. The number of carbonyl (C=O) groups is 1. The Bertz CT molecular complexity index is 688. The fourth-order valence-electron chi connectivity index (χ4n) is 3.86. The highest BCUT2D eigenvalue weighted by Gasteiger charge is 2.24. The molecule has 1 aliphatic rings. The fourth-order valence-corrected chi connectivity index (χ4v) is 3.86. The molecule has 1 fully saturated rings. The van der Waals surface area contributed by atoms with Crippen LogP contribution in [0.25, 0.3) is 0 Å². The Morgan fingerprint density at radius 1 is 1.04 bits per heavy atom. The van der Waals surface area contributed by atoms with Crippen LogP contribution >= 0.6 is 0 Å². The Labute approximate surface area is 144 Å². The molecule has 3 nitrogen and oxygen atoms in total. The molecule has 0 radical (unpaired) electrons. The van der Waals surface area contributed by atoms with Crippen molar-refractivity contribution >= 4 is 11.6 Å². The van der Waals surface area contributed by atoms with Gasteiger partial charge in [0.1, 0.15) is 0 Å². The number of rotatable bonds is 5. The lowest BCUT2D eigenvalue weighted by Gasteiger charge is -2.30. The Kier molecular flexibility index (Phi) is 5.19. The van der Waals surface area contributed by atoms with Gasteiger partial charge < -0.3 is 11.1 Å². The summed E-state index contributed by atoms with van der Waals surface area (Å²) < 4.78 is 0. The van der Waals surface area contributed by atoms with Crippen LogP contribution in [0.3, 0.4) is 0 Å². The lowest BCUT2D eigenvalue weighted by Crippen LogP contribution is -2.21. The van der Waals surface area contributed by atoms with Gasteiger partial charge in [-0.1, -0.05) is 30.3 Å². The second-order valence-corrected chi connectivity index (χ2v) is 6.85. The van der Waals surface area contributed by atoms with E-state index in [1.54, 1.807) is 0 Å². The van der Waals surface area contributed by atoms with Gasteiger partial charge in [0.25, 0.3) is 0 Å². The van der Waals surface area contributed by atoms with Crippen LogP contribution in [0.1, 0.15) is 53.1 Å². The van der Waals surface area contributed by atoms with Gasteiger partial charge in [-0.2, -0.15) is 0 Å². The third-order valence-electron chi connectivity index (χ3n) is 5.30. The lowest BCUT2D eigenvalue weighted by molar-refractivity contribution is 0.0999. The van der Waals surface area contributed by atoms with E-state index in [1.807, 2.05) is 25.1 Å². The summed E-state index contributed by atoms with van der Waals surface area (Å²) in [4.78, 5) is 11.5. The van der Waals surface area contributed by atoms with E-state index in [0.29, 0.717) is 11.5 Å². The third-order valence-corrected chi connectivity index (χ3v) is 5.30. The molecule has 0 spiro atoms. The minimum Gasteiger partial charge on any atom is -0.385 e. The molecule has 1 aliphatic carbocycles. The number of nitrogens with two attached hydrogens (primary N) is 1. The second-order valence-electron chi connectivity index (χ2n) is 6.85. The molecule has 24 heavy (non-hydrogen) atoms. The van der Waals surface area contributed by atoms with Crippen molar-refractivity contribution in [3.8, 4) is 0 Å². The van der Waals surface area contributed by atoms with Crippen molar-refractivity contribution in [2.45, 2.75) is 38.5 Å². The number of hydrogen-bond donors (Lipinski definition) is 2. The number of carbonyl (C=O) groups excluding carboxylic acids is 1. The lowest BCUT2D eigenvalue weighted by atomic mass is 9.77. The normalized spacial score (nSPS) is 20.5. The van der Waals surface area contributed by atoms with Crippen molar-refractivity contribution in [3.63, 3.8) is 0 Å². The first-order chi connectivity index (χ1) is 11.6. The first kappa shape index (κ1) is 16.6. The van der Waals surface area contributed by atoms with Gasteiger partial charge in [-0.3, -0.25) is 4.79 Å². The van der Waals surface area contributed by atoms with Crippen molar-refractivity contribution in [1.29, 1.82) is 0 Å². The molecule has 0 bridgehead atoms. The largest absolute Gasteiger partial charge is 0.385 e. The van der Waals surface area contributed by atoms with E-state index in [0.717, 1.165) is 18.0 Å². The number of amides is 1. The molecule has 3 N–H and O–H groups in total. The maximum absolute atomic E-state index is 11.5. The molecule has 0 aliphatic heterocycles. The van der Waals surface area contributed by atoms with E-state index in [-0.39, 0.29) is 5.91 Å². The summed E-state index contributed by atoms with van der Waals surface area (Å²) >= 11 is 0. The van der Waals surface area contributed by atoms with Gasteiger partial charge in [0.15, 0.2) is 0 Å². The molecule has 0 saturated heterocycles. The van der Waals surface area contributed by atoms with Crippen LogP contribution in [0.2, 0.25) is 0 Å². The molecular formula is C21H26N2O. The number of hydrogen-bond acceptors (Lipinski definition) is 2. The molecule has 1 amide bonds. The van der Waals surface area contributed by atoms with E-state index in [2.05, 4.69) is 35.6 Å². The van der Waals surface area contributed by atoms with Crippen LogP contribution in [0, 0.1) is 12.8 Å². The smallest absolute Gasteiger partial charge is 0.248 e. The zero-order chi connectivity index (χ0) is 16.9. The average molecular weight is 322 g/mol. The highest BCUT2D eigenvalue weighted by molar-refractivity contribution is 5.94.